The Hall–Kier alpha value is -1.74. The van der Waals surface area contributed by atoms with Gasteiger partial charge in [-0.2, -0.15) is 0 Å². The molecule has 2 N–H and O–H groups in total. The van der Waals surface area contributed by atoms with Crippen molar-refractivity contribution in [3.8, 4) is 0 Å². The molecule has 90 valence electrons. The third-order valence-electron chi connectivity index (χ3n) is 3.17. The number of nitrogen functional groups attached to an aromatic ring is 1. The lowest BCUT2D eigenvalue weighted by Gasteiger charge is -2.24. The number of nitrogens with two attached hydrogens (primary N) is 1. The first-order valence-electron chi connectivity index (χ1n) is 5.89. The van der Waals surface area contributed by atoms with Crippen molar-refractivity contribution in [3.63, 3.8) is 0 Å². The van der Waals surface area contributed by atoms with Crippen molar-refractivity contribution in [1.29, 1.82) is 0 Å². The Morgan fingerprint density at radius 3 is 2.61 bits per heavy atom. The number of carbonyl (C=O) groups excluding carboxylic acids is 1. The van der Waals surface area contributed by atoms with E-state index >= 15 is 0 Å². The average molecular weight is 255 g/mol. The Bertz CT molecular complexity index is 609. The minimum atomic E-state index is 0.133. The van der Waals surface area contributed by atoms with Crippen LogP contribution in [0.1, 0.15) is 27.6 Å². The van der Waals surface area contributed by atoms with Gasteiger partial charge in [0.2, 0.25) is 0 Å². The van der Waals surface area contributed by atoms with Gasteiger partial charge >= 0.3 is 0 Å². The highest BCUT2D eigenvalue weighted by Crippen LogP contribution is 2.45. The van der Waals surface area contributed by atoms with E-state index in [0.717, 1.165) is 21.7 Å². The summed E-state index contributed by atoms with van der Waals surface area (Å²) in [7, 11) is 0. The smallest absolute Gasteiger partial charge is 0.165 e. The molecule has 2 aromatic rings. The van der Waals surface area contributed by atoms with E-state index in [1.165, 1.54) is 0 Å². The van der Waals surface area contributed by atoms with Gasteiger partial charge in [-0.05, 0) is 17.7 Å². The topological polar surface area (TPSA) is 43.1 Å². The lowest BCUT2D eigenvalue weighted by atomic mass is 10.0. The van der Waals surface area contributed by atoms with Gasteiger partial charge in [-0.15, -0.1) is 11.8 Å². The Morgan fingerprint density at radius 1 is 1.06 bits per heavy atom. The first-order chi connectivity index (χ1) is 8.75. The third kappa shape index (κ3) is 1.91. The van der Waals surface area contributed by atoms with Gasteiger partial charge in [-0.25, -0.2) is 0 Å². The predicted octanol–water partition coefficient (Wildman–Crippen LogP) is 3.69. The van der Waals surface area contributed by atoms with Crippen LogP contribution in [0.4, 0.5) is 5.69 Å². The van der Waals surface area contributed by atoms with Crippen molar-refractivity contribution in [2.24, 2.45) is 0 Å². The van der Waals surface area contributed by atoms with E-state index < -0.39 is 0 Å². The van der Waals surface area contributed by atoms with E-state index in [9.17, 15) is 4.79 Å². The molecule has 0 aliphatic carbocycles. The maximum atomic E-state index is 12.1. The molecule has 1 atom stereocenters. The van der Waals surface area contributed by atoms with Crippen LogP contribution in [0.25, 0.3) is 0 Å². The maximum Gasteiger partial charge on any atom is 0.165 e. The van der Waals surface area contributed by atoms with E-state index in [1.807, 2.05) is 48.5 Å². The number of para-hydroxylation sites is 1. The predicted molar refractivity (Wildman–Crippen MR) is 74.8 cm³/mol. The fourth-order valence-electron chi connectivity index (χ4n) is 2.25. The van der Waals surface area contributed by atoms with Crippen LogP contribution in [0, 0.1) is 0 Å². The quantitative estimate of drug-likeness (QED) is 0.790. The monoisotopic (exact) mass is 255 g/mol. The van der Waals surface area contributed by atoms with Gasteiger partial charge in [0.25, 0.3) is 0 Å². The van der Waals surface area contributed by atoms with Gasteiger partial charge in [0.1, 0.15) is 0 Å². The molecule has 0 radical (unpaired) electrons. The molecular weight excluding hydrogens is 242 g/mol. The molecule has 1 unspecified atom stereocenters. The molecule has 0 bridgehead atoms. The molecule has 0 saturated carbocycles. The highest BCUT2D eigenvalue weighted by Gasteiger charge is 2.27. The lowest BCUT2D eigenvalue weighted by molar-refractivity contribution is 0.0976. The lowest BCUT2D eigenvalue weighted by Crippen LogP contribution is -2.13. The number of hydrogen-bond acceptors (Lipinski definition) is 3. The molecule has 1 aliphatic rings. The van der Waals surface area contributed by atoms with Crippen LogP contribution in [0.2, 0.25) is 0 Å². The number of hydrogen-bond donors (Lipinski definition) is 1. The summed E-state index contributed by atoms with van der Waals surface area (Å²) in [5, 5.41) is 0.133. The molecular formula is C15H13NOS. The number of benzene rings is 2. The van der Waals surface area contributed by atoms with Crippen LogP contribution in [-0.2, 0) is 0 Å². The van der Waals surface area contributed by atoms with Crippen molar-refractivity contribution < 1.29 is 4.79 Å². The minimum absolute atomic E-state index is 0.133. The van der Waals surface area contributed by atoms with E-state index in [0.29, 0.717) is 6.42 Å². The molecule has 1 aliphatic heterocycles. The zero-order chi connectivity index (χ0) is 12.5. The molecule has 3 heteroatoms. The van der Waals surface area contributed by atoms with E-state index in [4.69, 9.17) is 5.73 Å². The van der Waals surface area contributed by atoms with Crippen LogP contribution in [-0.4, -0.2) is 5.78 Å². The number of ketones is 1. The van der Waals surface area contributed by atoms with Crippen LogP contribution < -0.4 is 5.73 Å². The number of thioether (sulfide) groups is 1. The Morgan fingerprint density at radius 2 is 1.78 bits per heavy atom. The molecule has 3 rings (SSSR count). The summed E-state index contributed by atoms with van der Waals surface area (Å²) in [5.41, 5.74) is 8.66. The maximum absolute atomic E-state index is 12.1. The van der Waals surface area contributed by atoms with Crippen molar-refractivity contribution in [3.05, 3.63) is 59.7 Å². The zero-order valence-corrected chi connectivity index (χ0v) is 10.6. The number of fused-ring (bicyclic) bond motifs is 1. The second kappa shape index (κ2) is 4.50. The molecule has 1 heterocycles. The van der Waals surface area contributed by atoms with Crippen LogP contribution in [0.15, 0.2) is 53.4 Å². The van der Waals surface area contributed by atoms with E-state index in [-0.39, 0.29) is 11.0 Å². The highest BCUT2D eigenvalue weighted by atomic mass is 32.2. The van der Waals surface area contributed by atoms with Gasteiger partial charge in [-0.3, -0.25) is 4.79 Å². The first kappa shape index (κ1) is 11.4. The summed E-state index contributed by atoms with van der Waals surface area (Å²) in [5.74, 6) is 0.206. The van der Waals surface area contributed by atoms with Crippen molar-refractivity contribution in [2.45, 2.75) is 16.6 Å². The summed E-state index contributed by atoms with van der Waals surface area (Å²) in [6.45, 7) is 0. The van der Waals surface area contributed by atoms with Crippen LogP contribution in [0.3, 0.4) is 0 Å². The SMILES string of the molecule is Nc1ccccc1C1CC(=O)c2ccccc2S1. The van der Waals surface area contributed by atoms with Gasteiger partial charge in [-0.1, -0.05) is 36.4 Å². The van der Waals surface area contributed by atoms with Crippen molar-refractivity contribution >= 4 is 23.2 Å². The number of anilines is 1. The summed E-state index contributed by atoms with van der Waals surface area (Å²) in [6.07, 6.45) is 0.524. The number of Topliss-reactive ketones (excluding diaryl/α,β-unsaturated/α-hetero) is 1. The molecule has 0 aromatic heterocycles. The summed E-state index contributed by atoms with van der Waals surface area (Å²) < 4.78 is 0. The fraction of sp³-hybridized carbons (Fsp3) is 0.133. The van der Waals surface area contributed by atoms with Crippen molar-refractivity contribution in [2.75, 3.05) is 5.73 Å². The second-order valence-corrected chi connectivity index (χ2v) is 5.60. The highest BCUT2D eigenvalue weighted by molar-refractivity contribution is 7.99. The van der Waals surface area contributed by atoms with E-state index in [2.05, 4.69) is 0 Å². The summed E-state index contributed by atoms with van der Waals surface area (Å²) in [4.78, 5) is 13.2. The third-order valence-corrected chi connectivity index (χ3v) is 4.49. The number of carbonyl (C=O) groups is 1. The molecule has 0 saturated heterocycles. The molecule has 2 nitrogen and oxygen atoms in total. The standard InChI is InChI=1S/C15H13NOS/c16-12-7-3-1-5-10(12)15-9-13(17)11-6-2-4-8-14(11)18-15/h1-8,15H,9,16H2. The van der Waals surface area contributed by atoms with Gasteiger partial charge < -0.3 is 5.73 Å². The second-order valence-electron chi connectivity index (χ2n) is 4.36. The molecule has 2 aromatic carbocycles. The van der Waals surface area contributed by atoms with E-state index in [1.54, 1.807) is 11.8 Å². The normalized spacial score (nSPS) is 18.4. The largest absolute Gasteiger partial charge is 0.398 e. The van der Waals surface area contributed by atoms with Crippen LogP contribution >= 0.6 is 11.8 Å². The van der Waals surface area contributed by atoms with Crippen molar-refractivity contribution in [1.82, 2.24) is 0 Å². The Labute approximate surface area is 110 Å². The summed E-state index contributed by atoms with van der Waals surface area (Å²) >= 11 is 1.73. The number of rotatable bonds is 1. The minimum Gasteiger partial charge on any atom is -0.398 e. The van der Waals surface area contributed by atoms with Gasteiger partial charge in [0, 0.05) is 27.8 Å². The summed E-state index contributed by atoms with van der Waals surface area (Å²) in [6, 6.07) is 15.6. The molecule has 18 heavy (non-hydrogen) atoms. The first-order valence-corrected chi connectivity index (χ1v) is 6.77. The average Bonchev–Trinajstić information content (AvgIpc) is 2.39. The molecule has 0 spiro atoms. The fourth-order valence-corrected chi connectivity index (χ4v) is 3.60. The van der Waals surface area contributed by atoms with Gasteiger partial charge in [0.05, 0.1) is 0 Å². The molecule has 0 amide bonds. The molecule has 0 fully saturated rings. The van der Waals surface area contributed by atoms with Gasteiger partial charge in [0.15, 0.2) is 5.78 Å². The Kier molecular flexibility index (Phi) is 2.84. The van der Waals surface area contributed by atoms with Crippen LogP contribution in [0.5, 0.6) is 0 Å². The zero-order valence-electron chi connectivity index (χ0n) is 9.80. The Balaban J connectivity index is 2.00.